The van der Waals surface area contributed by atoms with Crippen molar-refractivity contribution < 1.29 is 4.42 Å². The van der Waals surface area contributed by atoms with E-state index in [2.05, 4.69) is 20.1 Å². The van der Waals surface area contributed by atoms with Crippen molar-refractivity contribution in [2.45, 2.75) is 0 Å². The van der Waals surface area contributed by atoms with Crippen molar-refractivity contribution in [3.05, 3.63) is 80.8 Å². The Bertz CT molecular complexity index is 951. The highest BCUT2D eigenvalue weighted by Crippen LogP contribution is 2.30. The number of azide groups is 2. The van der Waals surface area contributed by atoms with Crippen molar-refractivity contribution in [2.75, 3.05) is 0 Å². The molecule has 7 nitrogen and oxygen atoms in total. The van der Waals surface area contributed by atoms with Crippen LogP contribution in [0.15, 0.2) is 63.4 Å². The number of furan rings is 1. The third kappa shape index (κ3) is 3.01. The minimum absolute atomic E-state index is 0.775. The van der Waals surface area contributed by atoms with Gasteiger partial charge in [-0.2, -0.15) is 0 Å². The number of hydrogen-bond acceptors (Lipinski definition) is 3. The van der Waals surface area contributed by atoms with Crippen molar-refractivity contribution in [3.63, 3.8) is 0 Å². The van der Waals surface area contributed by atoms with Gasteiger partial charge < -0.3 is 4.42 Å². The Morgan fingerprint density at radius 2 is 1.26 bits per heavy atom. The summed E-state index contributed by atoms with van der Waals surface area (Å²) in [5.41, 5.74) is 20.0. The first-order valence-corrected chi connectivity index (χ1v) is 6.69. The van der Waals surface area contributed by atoms with Crippen LogP contribution in [0, 0.1) is 0 Å². The van der Waals surface area contributed by atoms with Crippen molar-refractivity contribution in [1.82, 2.24) is 0 Å². The molecule has 0 saturated carbocycles. The molecule has 0 saturated heterocycles. The molecule has 0 bridgehead atoms. The molecule has 7 heteroatoms. The van der Waals surface area contributed by atoms with Gasteiger partial charge in [0.2, 0.25) is 0 Å². The maximum Gasteiger partial charge on any atom is 0.135 e. The number of hydrogen-bond donors (Lipinski definition) is 0. The quantitative estimate of drug-likeness (QED) is 0.321. The maximum atomic E-state index is 8.30. The Morgan fingerprint density at radius 1 is 0.783 bits per heavy atom. The molecule has 0 N–H and O–H groups in total. The molecular weight excluding hydrogens is 292 g/mol. The number of fused-ring (bicyclic) bond motifs is 3. The first kappa shape index (κ1) is 14.3. The Kier molecular flexibility index (Phi) is 3.98. The van der Waals surface area contributed by atoms with E-state index in [9.17, 15) is 0 Å². The van der Waals surface area contributed by atoms with Crippen LogP contribution < -0.4 is 0 Å². The molecule has 0 aliphatic heterocycles. The lowest BCUT2D eigenvalue weighted by molar-refractivity contribution is 0.669. The van der Waals surface area contributed by atoms with Crippen LogP contribution in [0.2, 0.25) is 0 Å². The lowest BCUT2D eigenvalue weighted by atomic mass is 10.1. The molecule has 0 fully saturated rings. The molecule has 0 unspecified atom stereocenters. The Morgan fingerprint density at radius 3 is 1.70 bits per heavy atom. The van der Waals surface area contributed by atoms with Crippen molar-refractivity contribution in [2.24, 2.45) is 10.2 Å². The smallest absolute Gasteiger partial charge is 0.135 e. The van der Waals surface area contributed by atoms with Crippen LogP contribution in [-0.4, -0.2) is 0 Å². The topological polar surface area (TPSA) is 111 Å². The summed E-state index contributed by atoms with van der Waals surface area (Å²) in [4.78, 5) is 5.36. The normalized spacial score (nSPS) is 11.1. The van der Waals surface area contributed by atoms with Gasteiger partial charge >= 0.3 is 0 Å². The highest BCUT2D eigenvalue weighted by molar-refractivity contribution is 6.06. The van der Waals surface area contributed by atoms with Gasteiger partial charge in [0.15, 0.2) is 0 Å². The monoisotopic (exact) mass is 302 g/mol. The SMILES string of the molecule is [N-]=[N+]=N/C=C/c1ccc2oc3ccc(/C=C/N=[N+]=[N-])cc3c2c1. The molecule has 1 aromatic heterocycles. The molecule has 0 aliphatic rings. The van der Waals surface area contributed by atoms with Crippen LogP contribution in [-0.2, 0) is 0 Å². The standard InChI is InChI=1S/C16H10N6O/c17-21-19-7-5-11-1-3-15-13(9-11)14-10-12(6-8-20-22-18)2-4-16(14)23-15/h1-10H/b7-5+,8-6+. The summed E-state index contributed by atoms with van der Waals surface area (Å²) in [7, 11) is 0. The zero-order valence-electron chi connectivity index (χ0n) is 11.9. The molecular formula is C16H10N6O. The van der Waals surface area contributed by atoms with Gasteiger partial charge in [-0.25, -0.2) is 0 Å². The summed E-state index contributed by atoms with van der Waals surface area (Å²) in [5.74, 6) is 0. The summed E-state index contributed by atoms with van der Waals surface area (Å²) >= 11 is 0. The van der Waals surface area contributed by atoms with E-state index in [1.54, 1.807) is 12.2 Å². The van der Waals surface area contributed by atoms with E-state index in [-0.39, 0.29) is 0 Å². The third-order valence-corrected chi connectivity index (χ3v) is 3.29. The average molecular weight is 302 g/mol. The van der Waals surface area contributed by atoms with Gasteiger partial charge in [0.05, 0.1) is 0 Å². The summed E-state index contributed by atoms with van der Waals surface area (Å²) in [6, 6.07) is 11.4. The molecule has 3 aromatic rings. The van der Waals surface area contributed by atoms with Crippen LogP contribution in [0.3, 0.4) is 0 Å². The summed E-state index contributed by atoms with van der Waals surface area (Å²) in [6.45, 7) is 0. The lowest BCUT2D eigenvalue weighted by Gasteiger charge is -1.95. The minimum Gasteiger partial charge on any atom is -0.456 e. The summed E-state index contributed by atoms with van der Waals surface area (Å²) in [6.07, 6.45) is 6.25. The Hall–Kier alpha value is -3.66. The van der Waals surface area contributed by atoms with Crippen LogP contribution in [0.5, 0.6) is 0 Å². The molecule has 0 amide bonds. The zero-order valence-corrected chi connectivity index (χ0v) is 11.9. The molecule has 1 heterocycles. The second-order valence-electron chi connectivity index (χ2n) is 4.65. The fourth-order valence-electron chi connectivity index (χ4n) is 2.32. The van der Waals surface area contributed by atoms with Crippen LogP contribution >= 0.6 is 0 Å². The van der Waals surface area contributed by atoms with Crippen LogP contribution in [0.4, 0.5) is 0 Å². The van der Waals surface area contributed by atoms with Gasteiger partial charge in [0, 0.05) is 33.0 Å². The first-order valence-electron chi connectivity index (χ1n) is 6.69. The van der Waals surface area contributed by atoms with E-state index in [4.69, 9.17) is 15.5 Å². The fourth-order valence-corrected chi connectivity index (χ4v) is 2.32. The van der Waals surface area contributed by atoms with E-state index in [1.165, 1.54) is 12.4 Å². The Labute approximate surface area is 130 Å². The van der Waals surface area contributed by atoms with Gasteiger partial charge in [-0.05, 0) is 46.5 Å². The molecule has 0 spiro atoms. The van der Waals surface area contributed by atoms with Gasteiger partial charge in [0.1, 0.15) is 11.2 Å². The summed E-state index contributed by atoms with van der Waals surface area (Å²) in [5, 5.41) is 8.68. The van der Waals surface area contributed by atoms with Crippen LogP contribution in [0.25, 0.3) is 55.0 Å². The predicted octanol–water partition coefficient (Wildman–Crippen LogP) is 6.15. The van der Waals surface area contributed by atoms with Crippen LogP contribution in [0.1, 0.15) is 11.1 Å². The number of benzene rings is 2. The van der Waals surface area contributed by atoms with Gasteiger partial charge in [-0.1, -0.05) is 34.5 Å². The molecule has 2 aromatic carbocycles. The van der Waals surface area contributed by atoms with E-state index >= 15 is 0 Å². The molecule has 0 atom stereocenters. The average Bonchev–Trinajstić information content (AvgIpc) is 2.93. The van der Waals surface area contributed by atoms with Crippen molar-refractivity contribution >= 4 is 34.1 Å². The first-order chi connectivity index (χ1) is 11.3. The van der Waals surface area contributed by atoms with E-state index in [0.717, 1.165) is 33.1 Å². The number of nitrogens with zero attached hydrogens (tertiary/aromatic N) is 6. The maximum absolute atomic E-state index is 8.30. The zero-order chi connectivity index (χ0) is 16.1. The minimum atomic E-state index is 0.775. The van der Waals surface area contributed by atoms with E-state index in [0.29, 0.717) is 0 Å². The second-order valence-corrected chi connectivity index (χ2v) is 4.65. The van der Waals surface area contributed by atoms with Gasteiger partial charge in [-0.15, -0.1) is 0 Å². The molecule has 110 valence electrons. The van der Waals surface area contributed by atoms with E-state index in [1.807, 2.05) is 36.4 Å². The predicted molar refractivity (Wildman–Crippen MR) is 90.1 cm³/mol. The van der Waals surface area contributed by atoms with Gasteiger partial charge in [-0.3, -0.25) is 0 Å². The molecule has 0 aliphatic carbocycles. The molecule has 0 radical (unpaired) electrons. The second kappa shape index (κ2) is 6.41. The van der Waals surface area contributed by atoms with E-state index < -0.39 is 0 Å². The Balaban J connectivity index is 2.12. The molecule has 23 heavy (non-hydrogen) atoms. The fraction of sp³-hybridized carbons (Fsp3) is 0. The summed E-state index contributed by atoms with van der Waals surface area (Å²) < 4.78 is 5.80. The van der Waals surface area contributed by atoms with Crippen molar-refractivity contribution in [1.29, 1.82) is 0 Å². The van der Waals surface area contributed by atoms with Crippen molar-refractivity contribution in [3.8, 4) is 0 Å². The molecule has 3 rings (SSSR count). The largest absolute Gasteiger partial charge is 0.456 e. The van der Waals surface area contributed by atoms with Gasteiger partial charge in [0.25, 0.3) is 0 Å². The number of rotatable bonds is 4. The highest BCUT2D eigenvalue weighted by atomic mass is 16.3. The lowest BCUT2D eigenvalue weighted by Crippen LogP contribution is -1.74. The highest BCUT2D eigenvalue weighted by Gasteiger charge is 2.07. The third-order valence-electron chi connectivity index (χ3n) is 3.29.